The van der Waals surface area contributed by atoms with Crippen LogP contribution in [-0.2, 0) is 6.18 Å². The maximum Gasteiger partial charge on any atom is 0.631 e. The molecule has 0 radical (unpaired) electrons. The summed E-state index contributed by atoms with van der Waals surface area (Å²) >= 11 is 0. The van der Waals surface area contributed by atoms with Gasteiger partial charge in [-0.1, -0.05) is 30.3 Å². The maximum atomic E-state index is 11.8. The van der Waals surface area contributed by atoms with Crippen molar-refractivity contribution >= 4 is 7.32 Å². The highest BCUT2D eigenvalue weighted by atomic mass is 19.4. The first-order chi connectivity index (χ1) is 9.59. The summed E-state index contributed by atoms with van der Waals surface area (Å²) in [6.45, 7) is 6.31. The van der Waals surface area contributed by atoms with Crippen molar-refractivity contribution in [2.24, 2.45) is 0 Å². The molecule has 1 aromatic carbocycles. The number of halogens is 3. The second-order valence-corrected chi connectivity index (χ2v) is 5.33. The summed E-state index contributed by atoms with van der Waals surface area (Å²) in [4.78, 5) is 0. The van der Waals surface area contributed by atoms with Gasteiger partial charge in [0, 0.05) is 0 Å². The smallest absolute Gasteiger partial charge is 0.402 e. The van der Waals surface area contributed by atoms with Crippen LogP contribution >= 0.6 is 0 Å². The Morgan fingerprint density at radius 3 is 1.18 bits per heavy atom. The summed E-state index contributed by atoms with van der Waals surface area (Å²) in [6.07, 6.45) is -4.21. The van der Waals surface area contributed by atoms with Crippen LogP contribution in [0.5, 0.6) is 0 Å². The van der Waals surface area contributed by atoms with Crippen molar-refractivity contribution < 1.29 is 38.5 Å². The van der Waals surface area contributed by atoms with Crippen LogP contribution in [0.1, 0.15) is 33.3 Å². The molecule has 0 aromatic heterocycles. The van der Waals surface area contributed by atoms with Gasteiger partial charge in [0.2, 0.25) is 0 Å². The highest BCUT2D eigenvalue weighted by Crippen LogP contribution is 2.28. The molecule has 0 unspecified atom stereocenters. The molecule has 0 bridgehead atoms. The third-order valence-electron chi connectivity index (χ3n) is 2.60. The van der Waals surface area contributed by atoms with Gasteiger partial charge in [0.15, 0.2) is 0 Å². The fourth-order valence-electron chi connectivity index (χ4n) is 0.627. The Balaban J connectivity index is 0. The molecule has 9 heteroatoms. The average Bonchev–Trinajstić information content (AvgIpc) is 2.26. The van der Waals surface area contributed by atoms with Crippen LogP contribution in [0.2, 0.25) is 0 Å². The fraction of sp³-hybridized carbons (Fsp3) is 0.538. The van der Waals surface area contributed by atoms with E-state index in [0.717, 1.165) is 12.1 Å². The minimum atomic E-state index is -4.21. The number of aliphatic hydroxyl groups is 2. The second-order valence-electron chi connectivity index (χ2n) is 5.33. The zero-order valence-corrected chi connectivity index (χ0v) is 12.8. The van der Waals surface area contributed by atoms with Crippen LogP contribution in [-0.4, -0.2) is 43.8 Å². The van der Waals surface area contributed by atoms with Crippen LogP contribution in [0.4, 0.5) is 13.2 Å². The molecular formula is C13H22BF3O5. The molecule has 1 rings (SSSR count). The van der Waals surface area contributed by atoms with Crippen LogP contribution in [0.25, 0.3) is 0 Å². The lowest BCUT2D eigenvalue weighted by Crippen LogP contribution is -2.44. The van der Waals surface area contributed by atoms with E-state index in [1.807, 2.05) is 0 Å². The molecule has 0 fully saturated rings. The standard InChI is InChI=1S/C7H5F3.C6H14O2.BH3O3/c8-7(9,10)6-4-2-1-3-5-6;1-5(2,7)6(3,4)8;2-1(3)4/h1-5H;7-8H,1-4H3;2-4H. The number of rotatable bonds is 1. The fourth-order valence-corrected chi connectivity index (χ4v) is 0.627. The van der Waals surface area contributed by atoms with Crippen LogP contribution in [0.15, 0.2) is 30.3 Å². The van der Waals surface area contributed by atoms with Gasteiger partial charge in [-0.3, -0.25) is 0 Å². The van der Waals surface area contributed by atoms with E-state index >= 15 is 0 Å². The third-order valence-corrected chi connectivity index (χ3v) is 2.60. The van der Waals surface area contributed by atoms with Gasteiger partial charge in [-0.15, -0.1) is 0 Å². The monoisotopic (exact) mass is 326 g/mol. The summed E-state index contributed by atoms with van der Waals surface area (Å²) < 4.78 is 35.4. The van der Waals surface area contributed by atoms with Crippen molar-refractivity contribution in [2.45, 2.75) is 45.1 Å². The average molecular weight is 326 g/mol. The number of alkyl halides is 3. The van der Waals surface area contributed by atoms with Gasteiger partial charge in [0.05, 0.1) is 16.8 Å². The first-order valence-corrected chi connectivity index (χ1v) is 6.20. The molecule has 0 atom stereocenters. The molecule has 22 heavy (non-hydrogen) atoms. The van der Waals surface area contributed by atoms with Gasteiger partial charge >= 0.3 is 13.5 Å². The van der Waals surface area contributed by atoms with Crippen molar-refractivity contribution in [2.75, 3.05) is 0 Å². The minimum Gasteiger partial charge on any atom is -0.402 e. The van der Waals surface area contributed by atoms with E-state index in [9.17, 15) is 13.2 Å². The molecule has 0 aliphatic rings. The zero-order valence-electron chi connectivity index (χ0n) is 12.8. The minimum absolute atomic E-state index is 0.602. The normalized spacial score (nSPS) is 11.6. The van der Waals surface area contributed by atoms with Gasteiger partial charge in [-0.25, -0.2) is 0 Å². The SMILES string of the molecule is CC(C)(O)C(C)(C)O.FC(F)(F)c1ccccc1.OB(O)O. The molecule has 0 saturated carbocycles. The van der Waals surface area contributed by atoms with Gasteiger partial charge in [0.1, 0.15) is 0 Å². The Labute approximate surface area is 127 Å². The van der Waals surface area contributed by atoms with E-state index in [1.54, 1.807) is 33.8 Å². The highest BCUT2D eigenvalue weighted by Gasteiger charge is 2.32. The molecule has 0 amide bonds. The van der Waals surface area contributed by atoms with Crippen molar-refractivity contribution in [1.29, 1.82) is 0 Å². The Hall–Kier alpha value is -1.13. The largest absolute Gasteiger partial charge is 0.631 e. The zero-order chi connectivity index (χ0) is 18.2. The Kier molecular flexibility index (Phi) is 9.59. The highest BCUT2D eigenvalue weighted by molar-refractivity contribution is 6.30. The van der Waals surface area contributed by atoms with Gasteiger partial charge in [0.25, 0.3) is 0 Å². The topological polar surface area (TPSA) is 101 Å². The van der Waals surface area contributed by atoms with Crippen molar-refractivity contribution in [3.8, 4) is 0 Å². The molecule has 0 aliphatic heterocycles. The summed E-state index contributed by atoms with van der Waals surface area (Å²) in [7, 11) is -2.17. The molecular weight excluding hydrogens is 304 g/mol. The van der Waals surface area contributed by atoms with Crippen molar-refractivity contribution in [1.82, 2.24) is 0 Å². The Morgan fingerprint density at radius 2 is 1.05 bits per heavy atom. The number of hydrogen-bond acceptors (Lipinski definition) is 5. The lowest BCUT2D eigenvalue weighted by atomic mass is 9.90. The molecule has 0 aliphatic carbocycles. The first kappa shape index (κ1) is 23.1. The number of hydrogen-bond donors (Lipinski definition) is 5. The summed E-state index contributed by atoms with van der Waals surface area (Å²) in [5, 5.41) is 39.7. The van der Waals surface area contributed by atoms with Crippen LogP contribution in [0, 0.1) is 0 Å². The van der Waals surface area contributed by atoms with E-state index in [1.165, 1.54) is 12.1 Å². The summed E-state index contributed by atoms with van der Waals surface area (Å²) in [5.41, 5.74) is -2.62. The summed E-state index contributed by atoms with van der Waals surface area (Å²) in [5.74, 6) is 0. The van der Waals surface area contributed by atoms with Crippen LogP contribution in [0.3, 0.4) is 0 Å². The van der Waals surface area contributed by atoms with Crippen molar-refractivity contribution in [3.05, 3.63) is 35.9 Å². The van der Waals surface area contributed by atoms with E-state index in [-0.39, 0.29) is 0 Å². The maximum absolute atomic E-state index is 11.8. The van der Waals surface area contributed by atoms with E-state index in [2.05, 4.69) is 0 Å². The molecule has 0 spiro atoms. The molecule has 128 valence electrons. The molecule has 5 N–H and O–H groups in total. The molecule has 1 aromatic rings. The third kappa shape index (κ3) is 12.6. The molecule has 0 saturated heterocycles. The summed E-state index contributed by atoms with van der Waals surface area (Å²) in [6, 6.07) is 6.36. The lowest BCUT2D eigenvalue weighted by Gasteiger charge is -2.31. The van der Waals surface area contributed by atoms with E-state index in [4.69, 9.17) is 25.3 Å². The molecule has 0 heterocycles. The van der Waals surface area contributed by atoms with Crippen molar-refractivity contribution in [3.63, 3.8) is 0 Å². The van der Waals surface area contributed by atoms with E-state index in [0.29, 0.717) is 0 Å². The van der Waals surface area contributed by atoms with Gasteiger partial charge in [-0.05, 0) is 27.7 Å². The van der Waals surface area contributed by atoms with Crippen LogP contribution < -0.4 is 0 Å². The number of benzene rings is 1. The predicted molar refractivity (Wildman–Crippen MR) is 76.5 cm³/mol. The van der Waals surface area contributed by atoms with E-state index < -0.39 is 30.3 Å². The molecule has 5 nitrogen and oxygen atoms in total. The predicted octanol–water partition coefficient (Wildman–Crippen LogP) is 1.18. The quantitative estimate of drug-likeness (QED) is 0.499. The second kappa shape index (κ2) is 9.11. The Morgan fingerprint density at radius 1 is 0.773 bits per heavy atom. The Bertz CT molecular complexity index is 382. The van der Waals surface area contributed by atoms with Gasteiger partial charge < -0.3 is 25.3 Å². The lowest BCUT2D eigenvalue weighted by molar-refractivity contribution is -0.137. The van der Waals surface area contributed by atoms with Gasteiger partial charge in [-0.2, -0.15) is 13.2 Å². The first-order valence-electron chi connectivity index (χ1n) is 6.20.